The normalized spacial score (nSPS) is 20.6. The minimum absolute atomic E-state index is 0.00952. The maximum atomic E-state index is 13.6. The lowest BCUT2D eigenvalue weighted by molar-refractivity contribution is -0.140. The van der Waals surface area contributed by atoms with Crippen molar-refractivity contribution < 1.29 is 14.3 Å². The van der Waals surface area contributed by atoms with Crippen molar-refractivity contribution in [1.82, 2.24) is 5.32 Å². The average molecular weight is 484 g/mol. The van der Waals surface area contributed by atoms with E-state index in [9.17, 15) is 9.59 Å². The maximum absolute atomic E-state index is 13.6. The number of dihydropyridines is 1. The van der Waals surface area contributed by atoms with Crippen LogP contribution >= 0.6 is 23.2 Å². The second-order valence-corrected chi connectivity index (χ2v) is 9.93. The van der Waals surface area contributed by atoms with Crippen LogP contribution < -0.4 is 5.32 Å². The standard InChI is InChI=1S/C27H27Cl2NO3/c1-15(2)14-33-27(32)24-16(3)30-22-11-18(17-7-5-4-6-8-17)12-23(31)26(22)25(24)20-10-9-19(28)13-21(20)29/h4-10,13,15,18,25,30H,11-12,14H2,1-3H3. The molecule has 1 aliphatic carbocycles. The lowest BCUT2D eigenvalue weighted by Gasteiger charge is -2.37. The van der Waals surface area contributed by atoms with Gasteiger partial charge in [0.05, 0.1) is 12.2 Å². The molecule has 1 aliphatic heterocycles. The number of carbonyl (C=O) groups excluding carboxylic acids is 2. The topological polar surface area (TPSA) is 55.4 Å². The maximum Gasteiger partial charge on any atom is 0.336 e. The number of ether oxygens (including phenoxy) is 1. The predicted molar refractivity (Wildman–Crippen MR) is 131 cm³/mol. The number of hydrogen-bond donors (Lipinski definition) is 1. The van der Waals surface area contributed by atoms with Crippen LogP contribution in [-0.4, -0.2) is 18.4 Å². The molecule has 2 unspecified atom stereocenters. The van der Waals surface area contributed by atoms with Crippen LogP contribution in [-0.2, 0) is 14.3 Å². The summed E-state index contributed by atoms with van der Waals surface area (Å²) in [7, 11) is 0. The molecule has 0 fully saturated rings. The van der Waals surface area contributed by atoms with Crippen molar-refractivity contribution >= 4 is 35.0 Å². The quantitative estimate of drug-likeness (QED) is 0.489. The van der Waals surface area contributed by atoms with Gasteiger partial charge in [0.15, 0.2) is 5.78 Å². The van der Waals surface area contributed by atoms with Gasteiger partial charge in [0.2, 0.25) is 0 Å². The summed E-state index contributed by atoms with van der Waals surface area (Å²) < 4.78 is 5.59. The Labute approximate surface area is 204 Å². The monoisotopic (exact) mass is 483 g/mol. The number of hydrogen-bond acceptors (Lipinski definition) is 4. The van der Waals surface area contributed by atoms with E-state index in [1.807, 2.05) is 39.0 Å². The van der Waals surface area contributed by atoms with Gasteiger partial charge in [-0.25, -0.2) is 4.79 Å². The number of benzene rings is 2. The molecule has 1 N–H and O–H groups in total. The van der Waals surface area contributed by atoms with E-state index >= 15 is 0 Å². The molecular formula is C27H27Cl2NO3. The number of carbonyl (C=O) groups is 2. The van der Waals surface area contributed by atoms with Crippen LogP contribution in [0.15, 0.2) is 71.1 Å². The van der Waals surface area contributed by atoms with E-state index in [4.69, 9.17) is 27.9 Å². The smallest absolute Gasteiger partial charge is 0.336 e. The van der Waals surface area contributed by atoms with Gasteiger partial charge in [-0.15, -0.1) is 0 Å². The molecule has 2 aromatic rings. The van der Waals surface area contributed by atoms with Crippen molar-refractivity contribution in [3.05, 3.63) is 92.2 Å². The minimum atomic E-state index is -0.602. The van der Waals surface area contributed by atoms with E-state index in [1.54, 1.807) is 18.2 Å². The first-order chi connectivity index (χ1) is 15.8. The fraction of sp³-hybridized carbons (Fsp3) is 0.333. The van der Waals surface area contributed by atoms with Gasteiger partial charge >= 0.3 is 5.97 Å². The van der Waals surface area contributed by atoms with Crippen molar-refractivity contribution in [2.45, 2.75) is 45.4 Å². The van der Waals surface area contributed by atoms with Gasteiger partial charge in [-0.2, -0.15) is 0 Å². The average Bonchev–Trinajstić information content (AvgIpc) is 2.77. The minimum Gasteiger partial charge on any atom is -0.462 e. The molecule has 0 aromatic heterocycles. The molecule has 172 valence electrons. The number of allylic oxidation sites excluding steroid dienone is 3. The van der Waals surface area contributed by atoms with Gasteiger partial charge in [0, 0.05) is 39.4 Å². The Morgan fingerprint density at radius 3 is 2.52 bits per heavy atom. The fourth-order valence-corrected chi connectivity index (χ4v) is 5.15. The summed E-state index contributed by atoms with van der Waals surface area (Å²) in [5.41, 5.74) is 4.34. The van der Waals surface area contributed by atoms with Crippen molar-refractivity contribution in [3.63, 3.8) is 0 Å². The molecular weight excluding hydrogens is 457 g/mol. The zero-order chi connectivity index (χ0) is 23.7. The first kappa shape index (κ1) is 23.6. The van der Waals surface area contributed by atoms with Crippen molar-refractivity contribution in [2.24, 2.45) is 5.92 Å². The SMILES string of the molecule is CC1=C(C(=O)OCC(C)C)C(c2ccc(Cl)cc2Cl)C2=C(CC(c3ccccc3)CC2=O)N1. The van der Waals surface area contributed by atoms with Gasteiger partial charge in [-0.1, -0.05) is 73.4 Å². The van der Waals surface area contributed by atoms with Crippen LogP contribution in [0.4, 0.5) is 0 Å². The fourth-order valence-electron chi connectivity index (χ4n) is 4.64. The summed E-state index contributed by atoms with van der Waals surface area (Å²) in [6.07, 6.45) is 1.05. The largest absolute Gasteiger partial charge is 0.462 e. The van der Waals surface area contributed by atoms with Gasteiger partial charge in [0.25, 0.3) is 0 Å². The third-order valence-electron chi connectivity index (χ3n) is 6.14. The molecule has 0 amide bonds. The number of rotatable bonds is 5. The van der Waals surface area contributed by atoms with Crippen LogP contribution in [0.2, 0.25) is 10.0 Å². The third-order valence-corrected chi connectivity index (χ3v) is 6.70. The highest BCUT2D eigenvalue weighted by atomic mass is 35.5. The Kier molecular flexibility index (Phi) is 6.96. The van der Waals surface area contributed by atoms with Gasteiger partial charge in [0.1, 0.15) is 0 Å². The number of halogens is 2. The summed E-state index contributed by atoms with van der Waals surface area (Å²) in [5.74, 6) is -0.755. The van der Waals surface area contributed by atoms with Gasteiger partial charge in [-0.05, 0) is 48.4 Å². The van der Waals surface area contributed by atoms with Crippen LogP contribution in [0.25, 0.3) is 0 Å². The third kappa shape index (κ3) is 4.87. The van der Waals surface area contributed by atoms with E-state index in [1.165, 1.54) is 0 Å². The highest BCUT2D eigenvalue weighted by molar-refractivity contribution is 6.35. The molecule has 4 rings (SSSR count). The first-order valence-electron chi connectivity index (χ1n) is 11.2. The summed E-state index contributed by atoms with van der Waals surface area (Å²) in [5, 5.41) is 4.28. The molecule has 0 spiro atoms. The molecule has 0 bridgehead atoms. The Balaban J connectivity index is 1.80. The highest BCUT2D eigenvalue weighted by Gasteiger charge is 2.42. The summed E-state index contributed by atoms with van der Waals surface area (Å²) >= 11 is 12.7. The summed E-state index contributed by atoms with van der Waals surface area (Å²) in [4.78, 5) is 26.8. The Morgan fingerprint density at radius 1 is 1.12 bits per heavy atom. The van der Waals surface area contributed by atoms with Crippen molar-refractivity contribution in [3.8, 4) is 0 Å². The molecule has 0 saturated carbocycles. The van der Waals surface area contributed by atoms with Crippen LogP contribution in [0.5, 0.6) is 0 Å². The van der Waals surface area contributed by atoms with E-state index in [2.05, 4.69) is 17.4 Å². The molecule has 4 nitrogen and oxygen atoms in total. The molecule has 0 saturated heterocycles. The van der Waals surface area contributed by atoms with Gasteiger partial charge < -0.3 is 10.1 Å². The molecule has 2 aliphatic rings. The van der Waals surface area contributed by atoms with Crippen LogP contribution in [0.3, 0.4) is 0 Å². The number of Topliss-reactive ketones (excluding diaryl/α,β-unsaturated/α-hetero) is 1. The zero-order valence-electron chi connectivity index (χ0n) is 19.0. The van der Waals surface area contributed by atoms with Crippen molar-refractivity contribution in [1.29, 1.82) is 0 Å². The van der Waals surface area contributed by atoms with Gasteiger partial charge in [-0.3, -0.25) is 4.79 Å². The highest BCUT2D eigenvalue weighted by Crippen LogP contribution is 2.47. The lowest BCUT2D eigenvalue weighted by Crippen LogP contribution is -2.36. The Hall–Kier alpha value is -2.56. The number of ketones is 1. The molecule has 1 heterocycles. The Morgan fingerprint density at radius 2 is 1.85 bits per heavy atom. The van der Waals surface area contributed by atoms with Crippen LogP contribution in [0.1, 0.15) is 56.6 Å². The number of esters is 1. The molecule has 2 aromatic carbocycles. The van der Waals surface area contributed by atoms with Crippen LogP contribution in [0, 0.1) is 5.92 Å². The molecule has 6 heteroatoms. The zero-order valence-corrected chi connectivity index (χ0v) is 20.5. The number of nitrogens with one attached hydrogen (secondary N) is 1. The first-order valence-corrected chi connectivity index (χ1v) is 11.9. The second kappa shape index (κ2) is 9.74. The second-order valence-electron chi connectivity index (χ2n) is 9.09. The summed E-state index contributed by atoms with van der Waals surface area (Å²) in [6, 6.07) is 15.2. The lowest BCUT2D eigenvalue weighted by atomic mass is 9.71. The predicted octanol–water partition coefficient (Wildman–Crippen LogP) is 6.55. The van der Waals surface area contributed by atoms with E-state index in [0.717, 1.165) is 11.3 Å². The van der Waals surface area contributed by atoms with E-state index in [0.29, 0.717) is 51.9 Å². The molecule has 0 radical (unpaired) electrons. The molecule has 2 atom stereocenters. The van der Waals surface area contributed by atoms with E-state index < -0.39 is 11.9 Å². The van der Waals surface area contributed by atoms with E-state index in [-0.39, 0.29) is 17.6 Å². The molecule has 33 heavy (non-hydrogen) atoms. The summed E-state index contributed by atoms with van der Waals surface area (Å²) in [6.45, 7) is 6.11. The van der Waals surface area contributed by atoms with Crippen molar-refractivity contribution in [2.75, 3.05) is 6.61 Å². The Bertz CT molecular complexity index is 1150.